The monoisotopic (exact) mass is 289 g/mol. The molecule has 96 valence electrons. The van der Waals surface area contributed by atoms with Gasteiger partial charge in [0.25, 0.3) is 10.0 Å². The summed E-state index contributed by atoms with van der Waals surface area (Å²) >= 11 is 5.70. The van der Waals surface area contributed by atoms with Gasteiger partial charge in [0.2, 0.25) is 0 Å². The molecular formula is C8H8ClN5O3S. The lowest BCUT2D eigenvalue weighted by Gasteiger charge is -2.04. The number of nitrogen functional groups attached to an aromatic ring is 1. The maximum atomic E-state index is 11.9. The first-order valence-corrected chi connectivity index (χ1v) is 6.49. The average molecular weight is 290 g/mol. The summed E-state index contributed by atoms with van der Waals surface area (Å²) in [6.07, 6.45) is 1.08. The van der Waals surface area contributed by atoms with Crippen molar-refractivity contribution in [2.24, 2.45) is 0 Å². The Morgan fingerprint density at radius 2 is 2.22 bits per heavy atom. The highest BCUT2D eigenvalue weighted by Gasteiger charge is 2.19. The summed E-state index contributed by atoms with van der Waals surface area (Å²) in [5, 5.41) is 3.49. The van der Waals surface area contributed by atoms with Crippen molar-refractivity contribution in [3.63, 3.8) is 0 Å². The number of nitrogens with zero attached hydrogens (tertiary/aromatic N) is 3. The fraction of sp³-hybridized carbons (Fsp3) is 0.125. The molecule has 0 amide bonds. The molecule has 0 aliphatic carbocycles. The maximum Gasteiger partial charge on any atom is 0.335 e. The smallest absolute Gasteiger partial charge is 0.335 e. The third-order valence-corrected chi connectivity index (χ3v) is 3.49. The van der Waals surface area contributed by atoms with Gasteiger partial charge in [0.05, 0.1) is 5.02 Å². The third-order valence-electron chi connectivity index (χ3n) is 1.90. The summed E-state index contributed by atoms with van der Waals surface area (Å²) in [5.41, 5.74) is 5.39. The molecule has 10 heteroatoms. The summed E-state index contributed by atoms with van der Waals surface area (Å²) in [4.78, 5) is 7.21. The van der Waals surface area contributed by atoms with E-state index in [1.807, 2.05) is 0 Å². The van der Waals surface area contributed by atoms with Crippen LogP contribution in [-0.4, -0.2) is 23.5 Å². The van der Waals surface area contributed by atoms with Crippen LogP contribution in [0.3, 0.4) is 0 Å². The molecule has 0 bridgehead atoms. The Labute approximate surface area is 107 Å². The molecule has 0 atom stereocenters. The van der Waals surface area contributed by atoms with E-state index in [1.54, 1.807) is 6.92 Å². The third kappa shape index (κ3) is 2.51. The minimum atomic E-state index is -3.89. The van der Waals surface area contributed by atoms with E-state index in [2.05, 4.69) is 24.4 Å². The Morgan fingerprint density at radius 1 is 1.50 bits per heavy atom. The van der Waals surface area contributed by atoms with Crippen molar-refractivity contribution in [1.82, 2.24) is 15.1 Å². The van der Waals surface area contributed by atoms with Gasteiger partial charge in [-0.2, -0.15) is 4.98 Å². The zero-order valence-corrected chi connectivity index (χ0v) is 10.7. The number of anilines is 2. The average Bonchev–Trinajstić information content (AvgIpc) is 2.67. The van der Waals surface area contributed by atoms with Crippen LogP contribution in [0.4, 0.5) is 11.8 Å². The minimum absolute atomic E-state index is 0.0413. The van der Waals surface area contributed by atoms with Crippen LogP contribution in [0.1, 0.15) is 5.82 Å². The SMILES string of the molecule is Cc1noc(NS(=O)(=O)c2cnc(N)c(Cl)c2)n1. The van der Waals surface area contributed by atoms with Crippen LogP contribution in [0.25, 0.3) is 0 Å². The molecule has 18 heavy (non-hydrogen) atoms. The van der Waals surface area contributed by atoms with E-state index in [1.165, 1.54) is 6.07 Å². The van der Waals surface area contributed by atoms with E-state index in [0.717, 1.165) is 6.20 Å². The second kappa shape index (κ2) is 4.42. The van der Waals surface area contributed by atoms with Crippen LogP contribution in [0.15, 0.2) is 21.7 Å². The highest BCUT2D eigenvalue weighted by Crippen LogP contribution is 2.21. The van der Waals surface area contributed by atoms with E-state index in [0.29, 0.717) is 5.82 Å². The van der Waals surface area contributed by atoms with Gasteiger partial charge in [-0.05, 0) is 13.0 Å². The van der Waals surface area contributed by atoms with Crippen LogP contribution in [0, 0.1) is 6.92 Å². The van der Waals surface area contributed by atoms with E-state index in [4.69, 9.17) is 17.3 Å². The highest BCUT2D eigenvalue weighted by molar-refractivity contribution is 7.92. The number of pyridine rings is 1. The quantitative estimate of drug-likeness (QED) is 0.856. The Bertz CT molecular complexity index is 684. The Morgan fingerprint density at radius 3 is 2.78 bits per heavy atom. The number of nitrogens with two attached hydrogens (primary N) is 1. The predicted octanol–water partition coefficient (Wildman–Crippen LogP) is 0.809. The van der Waals surface area contributed by atoms with Gasteiger partial charge in [0, 0.05) is 6.20 Å². The van der Waals surface area contributed by atoms with E-state index < -0.39 is 10.0 Å². The zero-order valence-electron chi connectivity index (χ0n) is 9.08. The van der Waals surface area contributed by atoms with Gasteiger partial charge < -0.3 is 10.3 Å². The summed E-state index contributed by atoms with van der Waals surface area (Å²) in [7, 11) is -3.89. The number of hydrogen-bond donors (Lipinski definition) is 2. The largest absolute Gasteiger partial charge is 0.382 e. The molecule has 2 aromatic heterocycles. The van der Waals surface area contributed by atoms with Gasteiger partial charge in [-0.1, -0.05) is 16.8 Å². The van der Waals surface area contributed by atoms with Crippen LogP contribution in [0.5, 0.6) is 0 Å². The van der Waals surface area contributed by atoms with Gasteiger partial charge in [0.1, 0.15) is 10.7 Å². The molecule has 8 nitrogen and oxygen atoms in total. The molecule has 0 saturated carbocycles. The second-order valence-corrected chi connectivity index (χ2v) is 5.38. The lowest BCUT2D eigenvalue weighted by molar-refractivity contribution is 0.429. The Hall–Kier alpha value is -1.87. The number of rotatable bonds is 3. The van der Waals surface area contributed by atoms with Gasteiger partial charge in [-0.25, -0.2) is 18.1 Å². The molecule has 0 radical (unpaired) electrons. The molecule has 0 spiro atoms. The number of halogens is 1. The Kier molecular flexibility index (Phi) is 3.09. The first-order valence-electron chi connectivity index (χ1n) is 4.62. The van der Waals surface area contributed by atoms with Crippen molar-refractivity contribution in [3.8, 4) is 0 Å². The fourth-order valence-corrected chi connectivity index (χ4v) is 2.22. The lowest BCUT2D eigenvalue weighted by atomic mass is 10.5. The highest BCUT2D eigenvalue weighted by atomic mass is 35.5. The molecule has 2 heterocycles. The first kappa shape index (κ1) is 12.6. The molecule has 0 unspecified atom stereocenters. The normalized spacial score (nSPS) is 11.4. The molecule has 2 rings (SSSR count). The van der Waals surface area contributed by atoms with Gasteiger partial charge >= 0.3 is 6.01 Å². The molecule has 0 aliphatic rings. The van der Waals surface area contributed by atoms with Crippen LogP contribution in [-0.2, 0) is 10.0 Å². The summed E-state index contributed by atoms with van der Waals surface area (Å²) in [6.45, 7) is 1.56. The van der Waals surface area contributed by atoms with Crippen LogP contribution in [0.2, 0.25) is 5.02 Å². The first-order chi connectivity index (χ1) is 8.38. The van der Waals surface area contributed by atoms with Gasteiger partial charge in [0.15, 0.2) is 5.82 Å². The Balaban J connectivity index is 2.33. The molecule has 0 saturated heterocycles. The van der Waals surface area contributed by atoms with E-state index in [9.17, 15) is 8.42 Å². The van der Waals surface area contributed by atoms with Crippen molar-refractivity contribution in [2.45, 2.75) is 11.8 Å². The molecule has 0 fully saturated rings. The van der Waals surface area contributed by atoms with E-state index >= 15 is 0 Å². The molecule has 0 aliphatic heterocycles. The van der Waals surface area contributed by atoms with Crippen molar-refractivity contribution >= 4 is 33.5 Å². The van der Waals surface area contributed by atoms with Crippen molar-refractivity contribution in [2.75, 3.05) is 10.5 Å². The topological polar surface area (TPSA) is 124 Å². The van der Waals surface area contributed by atoms with Gasteiger partial charge in [-0.15, -0.1) is 0 Å². The zero-order chi connectivity index (χ0) is 13.3. The minimum Gasteiger partial charge on any atom is -0.382 e. The number of hydrogen-bond acceptors (Lipinski definition) is 7. The van der Waals surface area contributed by atoms with Gasteiger partial charge in [-0.3, -0.25) is 0 Å². The number of sulfonamides is 1. The molecule has 3 N–H and O–H groups in total. The van der Waals surface area contributed by atoms with Crippen LogP contribution >= 0.6 is 11.6 Å². The molecule has 2 aromatic rings. The van der Waals surface area contributed by atoms with Crippen molar-refractivity contribution < 1.29 is 12.9 Å². The maximum absolute atomic E-state index is 11.9. The number of aryl methyl sites for hydroxylation is 1. The lowest BCUT2D eigenvalue weighted by Crippen LogP contribution is -2.13. The summed E-state index contributed by atoms with van der Waals surface area (Å²) < 4.78 is 30.5. The second-order valence-electron chi connectivity index (χ2n) is 3.29. The number of nitrogens with one attached hydrogen (secondary N) is 1. The predicted molar refractivity (Wildman–Crippen MR) is 63.5 cm³/mol. The standard InChI is InChI=1S/C8H8ClN5O3S/c1-4-12-8(17-13-4)14-18(15,16)5-2-6(9)7(10)11-3-5/h2-3H,1H3,(H2,10,11)(H,12,13,14). The summed E-state index contributed by atoms with van der Waals surface area (Å²) in [5.74, 6) is 0.352. The number of aromatic nitrogens is 3. The van der Waals surface area contributed by atoms with Crippen molar-refractivity contribution in [3.05, 3.63) is 23.1 Å². The van der Waals surface area contributed by atoms with Crippen molar-refractivity contribution in [1.29, 1.82) is 0 Å². The summed E-state index contributed by atoms with van der Waals surface area (Å²) in [6, 6.07) is 0.940. The molecule has 0 aromatic carbocycles. The van der Waals surface area contributed by atoms with E-state index in [-0.39, 0.29) is 21.8 Å². The fourth-order valence-electron chi connectivity index (χ4n) is 1.09. The molecular weight excluding hydrogens is 282 g/mol. The van der Waals surface area contributed by atoms with Crippen LogP contribution < -0.4 is 10.5 Å².